The molecule has 3 rings (SSSR count). The van der Waals surface area contributed by atoms with E-state index in [9.17, 15) is 0 Å². The molecule has 1 aliphatic carbocycles. The Labute approximate surface area is 55.5 Å². The lowest BCUT2D eigenvalue weighted by Crippen LogP contribution is -2.29. The molecule has 2 heteroatoms. The van der Waals surface area contributed by atoms with Crippen LogP contribution in [-0.2, 0) is 0 Å². The molecule has 0 radical (unpaired) electrons. The van der Waals surface area contributed by atoms with Gasteiger partial charge in [-0.15, -0.1) is 0 Å². The van der Waals surface area contributed by atoms with Crippen LogP contribution in [-0.4, -0.2) is 35.7 Å². The summed E-state index contributed by atoms with van der Waals surface area (Å²) in [4.78, 5) is 2.32. The molecule has 2 bridgehead atoms. The van der Waals surface area contributed by atoms with Gasteiger partial charge >= 0.3 is 0 Å². The molecule has 0 aromatic carbocycles. The number of aliphatic hydroxyl groups is 1. The minimum absolute atomic E-state index is 0.359. The normalized spacial score (nSPS) is 49.3. The van der Waals surface area contributed by atoms with Gasteiger partial charge in [0.05, 0.1) is 6.61 Å². The molecule has 2 saturated heterocycles. The lowest BCUT2D eigenvalue weighted by molar-refractivity contribution is 0.179. The molecule has 0 amide bonds. The van der Waals surface area contributed by atoms with Crippen LogP contribution < -0.4 is 0 Å². The van der Waals surface area contributed by atoms with E-state index in [0.29, 0.717) is 12.6 Å². The van der Waals surface area contributed by atoms with Crippen LogP contribution in [0.4, 0.5) is 0 Å². The van der Waals surface area contributed by atoms with E-state index in [0.717, 1.165) is 12.0 Å². The average molecular weight is 127 g/mol. The third-order valence-corrected chi connectivity index (χ3v) is 2.98. The van der Waals surface area contributed by atoms with Crippen LogP contribution in [0.15, 0.2) is 0 Å². The fraction of sp³-hybridized carbons (Fsp3) is 1.00. The molecular formula is C7H13NO. The van der Waals surface area contributed by atoms with Gasteiger partial charge in [0, 0.05) is 12.1 Å². The second-order valence-corrected chi connectivity index (χ2v) is 3.30. The highest BCUT2D eigenvalue weighted by Gasteiger charge is 2.47. The Morgan fingerprint density at radius 3 is 2.44 bits per heavy atom. The number of hydrogen-bond acceptors (Lipinski definition) is 2. The Bertz CT molecular complexity index is 120. The quantitative estimate of drug-likeness (QED) is 0.539. The zero-order valence-corrected chi connectivity index (χ0v) is 5.75. The predicted molar refractivity (Wildman–Crippen MR) is 35.1 cm³/mol. The monoisotopic (exact) mass is 127 g/mol. The lowest BCUT2D eigenvalue weighted by atomic mass is 9.83. The lowest BCUT2D eigenvalue weighted by Gasteiger charge is -2.22. The number of aliphatic hydroxyl groups excluding tert-OH is 1. The summed E-state index contributed by atoms with van der Waals surface area (Å²) >= 11 is 0. The van der Waals surface area contributed by atoms with Crippen LogP contribution in [0.3, 0.4) is 0 Å². The van der Waals surface area contributed by atoms with E-state index >= 15 is 0 Å². The maximum atomic E-state index is 8.89. The molecule has 52 valence electrons. The summed E-state index contributed by atoms with van der Waals surface area (Å²) in [6, 6.07) is 1.31. The van der Waals surface area contributed by atoms with Crippen LogP contribution in [0.5, 0.6) is 0 Å². The minimum atomic E-state index is 0.359. The van der Waals surface area contributed by atoms with Crippen molar-refractivity contribution < 1.29 is 5.11 Å². The Kier molecular flexibility index (Phi) is 1.08. The van der Waals surface area contributed by atoms with E-state index in [2.05, 4.69) is 11.9 Å². The van der Waals surface area contributed by atoms with Gasteiger partial charge in [0.15, 0.2) is 0 Å². The second kappa shape index (κ2) is 1.70. The highest BCUT2D eigenvalue weighted by atomic mass is 16.3. The van der Waals surface area contributed by atoms with Gasteiger partial charge < -0.3 is 5.11 Å². The van der Waals surface area contributed by atoms with Crippen molar-refractivity contribution in [1.29, 1.82) is 0 Å². The molecule has 2 nitrogen and oxygen atoms in total. The van der Waals surface area contributed by atoms with E-state index in [1.807, 2.05) is 0 Å². The summed E-state index contributed by atoms with van der Waals surface area (Å²) in [5, 5.41) is 8.89. The summed E-state index contributed by atoms with van der Waals surface area (Å²) < 4.78 is 0. The second-order valence-electron chi connectivity index (χ2n) is 3.30. The van der Waals surface area contributed by atoms with Gasteiger partial charge in [-0.3, -0.25) is 4.90 Å². The molecule has 3 fully saturated rings. The minimum Gasteiger partial charge on any atom is -0.395 e. The first kappa shape index (κ1) is 5.69. The Morgan fingerprint density at radius 1 is 1.56 bits per heavy atom. The fourth-order valence-corrected chi connectivity index (χ4v) is 2.16. The van der Waals surface area contributed by atoms with E-state index in [1.54, 1.807) is 0 Å². The third kappa shape index (κ3) is 0.578. The van der Waals surface area contributed by atoms with Gasteiger partial charge in [0.1, 0.15) is 0 Å². The van der Waals surface area contributed by atoms with Crippen molar-refractivity contribution in [2.24, 2.45) is 5.92 Å². The molecule has 3 aliphatic rings. The predicted octanol–water partition coefficient (Wildman–Crippen LogP) is 0.0713. The first-order valence-corrected chi connectivity index (χ1v) is 3.65. The van der Waals surface area contributed by atoms with Crippen LogP contribution in [0.2, 0.25) is 0 Å². The Hall–Kier alpha value is -0.0800. The standard InChI is InChI=1S/C7H13NO/c1-8-6-2-5(3-6)7(8)4-9/h5-7,9H,2-4H2,1H3. The summed E-state index contributed by atoms with van der Waals surface area (Å²) in [5.74, 6) is 0.824. The van der Waals surface area contributed by atoms with Gasteiger partial charge in [-0.05, 0) is 25.8 Å². The van der Waals surface area contributed by atoms with Gasteiger partial charge in [0.25, 0.3) is 0 Å². The smallest absolute Gasteiger partial charge is 0.0589 e. The van der Waals surface area contributed by atoms with Crippen LogP contribution in [0, 0.1) is 5.92 Å². The van der Waals surface area contributed by atoms with Crippen molar-refractivity contribution in [2.45, 2.75) is 24.9 Å². The van der Waals surface area contributed by atoms with E-state index < -0.39 is 0 Å². The first-order valence-electron chi connectivity index (χ1n) is 3.65. The van der Waals surface area contributed by atoms with Crippen LogP contribution >= 0.6 is 0 Å². The maximum absolute atomic E-state index is 8.89. The first-order chi connectivity index (χ1) is 4.33. The highest BCUT2D eigenvalue weighted by Crippen LogP contribution is 2.44. The molecule has 0 aromatic rings. The van der Waals surface area contributed by atoms with Crippen molar-refractivity contribution in [2.75, 3.05) is 13.7 Å². The summed E-state index contributed by atoms with van der Waals surface area (Å²) in [6.07, 6.45) is 2.67. The van der Waals surface area contributed by atoms with E-state index in [-0.39, 0.29) is 0 Å². The van der Waals surface area contributed by atoms with E-state index in [4.69, 9.17) is 5.11 Å². The Balaban J connectivity index is 2.08. The summed E-state index contributed by atoms with van der Waals surface area (Å²) in [7, 11) is 2.12. The number of fused-ring (bicyclic) bond motifs is 1. The maximum Gasteiger partial charge on any atom is 0.0589 e. The molecule has 1 unspecified atom stereocenters. The zero-order valence-electron chi connectivity index (χ0n) is 5.75. The van der Waals surface area contributed by atoms with Gasteiger partial charge in [0.2, 0.25) is 0 Å². The molecule has 1 N–H and O–H groups in total. The molecule has 2 aliphatic heterocycles. The number of nitrogens with zero attached hydrogens (tertiary/aromatic N) is 1. The highest BCUT2D eigenvalue weighted by molar-refractivity contribution is 5.02. The number of hydrogen-bond donors (Lipinski definition) is 1. The van der Waals surface area contributed by atoms with Crippen molar-refractivity contribution in [3.8, 4) is 0 Å². The largest absolute Gasteiger partial charge is 0.395 e. The van der Waals surface area contributed by atoms with Crippen LogP contribution in [0.25, 0.3) is 0 Å². The Morgan fingerprint density at radius 2 is 2.22 bits per heavy atom. The van der Waals surface area contributed by atoms with Crippen molar-refractivity contribution in [3.05, 3.63) is 0 Å². The molecular weight excluding hydrogens is 114 g/mol. The molecule has 1 atom stereocenters. The fourth-order valence-electron chi connectivity index (χ4n) is 2.16. The van der Waals surface area contributed by atoms with Gasteiger partial charge in [-0.2, -0.15) is 0 Å². The molecule has 2 heterocycles. The van der Waals surface area contributed by atoms with Crippen molar-refractivity contribution >= 4 is 0 Å². The summed E-state index contributed by atoms with van der Waals surface area (Å²) in [6.45, 7) is 0.359. The average Bonchev–Trinajstić information content (AvgIpc) is 2.15. The summed E-state index contributed by atoms with van der Waals surface area (Å²) in [5.41, 5.74) is 0. The molecule has 1 saturated carbocycles. The topological polar surface area (TPSA) is 23.5 Å². The zero-order chi connectivity index (χ0) is 6.43. The SMILES string of the molecule is CN1C2CC(C2)C1CO. The number of likely N-dealkylation sites (N-methyl/N-ethyl adjacent to an activating group) is 1. The third-order valence-electron chi connectivity index (χ3n) is 2.98. The van der Waals surface area contributed by atoms with E-state index in [1.165, 1.54) is 12.8 Å². The van der Waals surface area contributed by atoms with Gasteiger partial charge in [-0.25, -0.2) is 0 Å². The number of rotatable bonds is 1. The molecule has 0 aromatic heterocycles. The van der Waals surface area contributed by atoms with Crippen molar-refractivity contribution in [3.63, 3.8) is 0 Å². The van der Waals surface area contributed by atoms with Crippen molar-refractivity contribution in [1.82, 2.24) is 4.90 Å². The van der Waals surface area contributed by atoms with Crippen LogP contribution in [0.1, 0.15) is 12.8 Å². The van der Waals surface area contributed by atoms with Gasteiger partial charge in [-0.1, -0.05) is 0 Å². The molecule has 9 heavy (non-hydrogen) atoms. The molecule has 0 spiro atoms.